The van der Waals surface area contributed by atoms with Crippen molar-refractivity contribution < 1.29 is 4.42 Å². The highest BCUT2D eigenvalue weighted by Gasteiger charge is 2.15. The van der Waals surface area contributed by atoms with Crippen LogP contribution in [0.1, 0.15) is 0 Å². The third kappa shape index (κ3) is 4.66. The summed E-state index contributed by atoms with van der Waals surface area (Å²) in [5.74, 6) is 0. The molecule has 0 saturated carbocycles. The molecule has 0 amide bonds. The van der Waals surface area contributed by atoms with Gasteiger partial charge in [0.1, 0.15) is 11.2 Å². The number of para-hydroxylation sites is 2. The molecule has 56 heavy (non-hydrogen) atoms. The highest BCUT2D eigenvalue weighted by Crippen LogP contribution is 2.37. The van der Waals surface area contributed by atoms with Crippen molar-refractivity contribution in [1.29, 1.82) is 0 Å². The number of benzene rings is 9. The van der Waals surface area contributed by atoms with E-state index < -0.39 is 0 Å². The number of furan rings is 1. The number of fused-ring (bicyclic) bond motifs is 11. The van der Waals surface area contributed by atoms with Gasteiger partial charge in [0.2, 0.25) is 0 Å². The first-order chi connectivity index (χ1) is 27.7. The third-order valence-corrected chi connectivity index (χ3v) is 11.4. The Hall–Kier alpha value is -7.56. The summed E-state index contributed by atoms with van der Waals surface area (Å²) in [4.78, 5) is 0. The lowest BCUT2D eigenvalue weighted by Crippen LogP contribution is -1.98. The van der Waals surface area contributed by atoms with Gasteiger partial charge in [-0.15, -0.1) is 0 Å². The summed E-state index contributed by atoms with van der Waals surface area (Å²) in [6, 6.07) is 72.5. The van der Waals surface area contributed by atoms with Gasteiger partial charge in [-0.3, -0.25) is 0 Å². The molecule has 0 unspecified atom stereocenters. The van der Waals surface area contributed by atoms with Gasteiger partial charge in [0.05, 0.1) is 16.7 Å². The molecule has 3 heterocycles. The quantitative estimate of drug-likeness (QED) is 0.179. The molecule has 0 N–H and O–H groups in total. The molecule has 0 saturated heterocycles. The Labute approximate surface area is 321 Å². The summed E-state index contributed by atoms with van der Waals surface area (Å²) in [6.45, 7) is 0. The van der Waals surface area contributed by atoms with Crippen molar-refractivity contribution in [3.8, 4) is 17.1 Å². The minimum atomic E-state index is 0.863. The summed E-state index contributed by atoms with van der Waals surface area (Å²) < 4.78 is 13.7. The van der Waals surface area contributed by atoms with E-state index >= 15 is 0 Å². The lowest BCUT2D eigenvalue weighted by atomic mass is 10.1. The van der Waals surface area contributed by atoms with Gasteiger partial charge in [0.25, 0.3) is 0 Å². The van der Waals surface area contributed by atoms with E-state index in [-0.39, 0.29) is 0 Å². The van der Waals surface area contributed by atoms with Crippen LogP contribution in [0.4, 0.5) is 0 Å². The maximum Gasteiger partial charge on any atom is 0.135 e. The van der Waals surface area contributed by atoms with Gasteiger partial charge in [-0.1, -0.05) is 97.1 Å². The normalized spacial score (nSPS) is 11.9. The Morgan fingerprint density at radius 1 is 0.286 bits per heavy atom. The third-order valence-electron chi connectivity index (χ3n) is 11.4. The molecule has 0 aliphatic heterocycles. The molecule has 0 aliphatic rings. The Bertz CT molecular complexity index is 3590. The maximum absolute atomic E-state index is 6.53. The number of hydrogen-bond donors (Lipinski definition) is 0. The molecule has 0 spiro atoms. The standard InChI is InChI=1S/C52H33N3O/c1-2-15-37(16-3-1)55-49-21-7-6-20-44(49)45-31-40(23-26-50(45)55)53-38-17-8-13-35(29-38)36-14-9-18-39(30-36)54(48-22-10-12-34-11-4-5-19-43(34)48)42-25-28-52-47(33-42)46-32-41(53)24-27-51(46)56-52/h1-33H. The van der Waals surface area contributed by atoms with Crippen LogP contribution in [-0.2, 0) is 0 Å². The van der Waals surface area contributed by atoms with E-state index in [1.165, 1.54) is 32.6 Å². The van der Waals surface area contributed by atoms with Crippen LogP contribution in [0.5, 0.6) is 0 Å². The van der Waals surface area contributed by atoms with E-state index in [2.05, 4.69) is 214 Å². The van der Waals surface area contributed by atoms with Crippen LogP contribution in [0, 0.1) is 0 Å². The molecule has 8 bridgehead atoms. The predicted octanol–water partition coefficient (Wildman–Crippen LogP) is 14.0. The predicted molar refractivity (Wildman–Crippen MR) is 234 cm³/mol. The minimum absolute atomic E-state index is 0.863. The Kier molecular flexibility index (Phi) is 6.60. The van der Waals surface area contributed by atoms with E-state index in [0.717, 1.165) is 71.8 Å². The molecule has 0 aliphatic carbocycles. The van der Waals surface area contributed by atoms with Crippen molar-refractivity contribution in [2.75, 3.05) is 0 Å². The summed E-state index contributed by atoms with van der Waals surface area (Å²) in [7, 11) is 0. The molecule has 12 aromatic rings. The van der Waals surface area contributed by atoms with Gasteiger partial charge in [0.15, 0.2) is 0 Å². The van der Waals surface area contributed by atoms with E-state index in [0.29, 0.717) is 0 Å². The highest BCUT2D eigenvalue weighted by molar-refractivity contribution is 6.11. The van der Waals surface area contributed by atoms with E-state index in [4.69, 9.17) is 4.42 Å². The molecule has 3 aromatic heterocycles. The van der Waals surface area contributed by atoms with E-state index in [1.807, 2.05) is 0 Å². The summed E-state index contributed by atoms with van der Waals surface area (Å²) >= 11 is 0. The minimum Gasteiger partial charge on any atom is -0.456 e. The second-order valence-electron chi connectivity index (χ2n) is 14.6. The summed E-state index contributed by atoms with van der Waals surface area (Å²) in [5.41, 5.74) is 11.8. The molecular formula is C52H33N3O. The number of rotatable bonds is 3. The summed E-state index contributed by atoms with van der Waals surface area (Å²) in [6.07, 6.45) is 0. The van der Waals surface area contributed by atoms with Crippen molar-refractivity contribution >= 4 is 87.4 Å². The van der Waals surface area contributed by atoms with Gasteiger partial charge in [-0.2, -0.15) is 0 Å². The first-order valence-corrected chi connectivity index (χ1v) is 19.1. The molecule has 12 rings (SSSR count). The fourth-order valence-corrected chi connectivity index (χ4v) is 8.91. The fourth-order valence-electron chi connectivity index (χ4n) is 8.91. The Morgan fingerprint density at radius 2 is 0.857 bits per heavy atom. The van der Waals surface area contributed by atoms with Crippen molar-refractivity contribution in [3.05, 3.63) is 200 Å². The lowest BCUT2D eigenvalue weighted by molar-refractivity contribution is 0.669. The summed E-state index contributed by atoms with van der Waals surface area (Å²) in [5, 5.41) is 9.27. The van der Waals surface area contributed by atoms with Gasteiger partial charge < -0.3 is 18.1 Å². The number of aromatic nitrogens is 3. The van der Waals surface area contributed by atoms with Crippen LogP contribution in [0.3, 0.4) is 0 Å². The van der Waals surface area contributed by atoms with Crippen LogP contribution in [0.25, 0.3) is 104 Å². The SMILES string of the molecule is c1ccc(-n2c3ccccc3c3cc(-n4c5cccc(c5)c5cccc(c5)n(-c5cccc6ccccc56)c5ccc6oc7ccc4cc7c6c5)ccc32)cc1. The maximum atomic E-state index is 6.53. The second-order valence-corrected chi connectivity index (χ2v) is 14.6. The first kappa shape index (κ1) is 30.9. The van der Waals surface area contributed by atoms with E-state index in [9.17, 15) is 0 Å². The van der Waals surface area contributed by atoms with Gasteiger partial charge >= 0.3 is 0 Å². The topological polar surface area (TPSA) is 27.9 Å². The largest absolute Gasteiger partial charge is 0.456 e. The van der Waals surface area contributed by atoms with Crippen LogP contribution in [0.2, 0.25) is 0 Å². The van der Waals surface area contributed by atoms with Gasteiger partial charge in [-0.05, 0) is 119 Å². The van der Waals surface area contributed by atoms with Gasteiger partial charge in [-0.25, -0.2) is 0 Å². The Balaban J connectivity index is 1.22. The molecule has 0 atom stereocenters. The van der Waals surface area contributed by atoms with Crippen LogP contribution >= 0.6 is 0 Å². The zero-order valence-corrected chi connectivity index (χ0v) is 30.3. The molecule has 0 radical (unpaired) electrons. The zero-order chi connectivity index (χ0) is 36.7. The van der Waals surface area contributed by atoms with Crippen molar-refractivity contribution in [2.45, 2.75) is 0 Å². The van der Waals surface area contributed by atoms with Crippen LogP contribution in [0.15, 0.2) is 205 Å². The monoisotopic (exact) mass is 715 g/mol. The Morgan fingerprint density at radius 3 is 1.62 bits per heavy atom. The average molecular weight is 716 g/mol. The van der Waals surface area contributed by atoms with Crippen molar-refractivity contribution in [3.63, 3.8) is 0 Å². The smallest absolute Gasteiger partial charge is 0.135 e. The zero-order valence-electron chi connectivity index (χ0n) is 30.3. The molecule has 262 valence electrons. The molecular weight excluding hydrogens is 683 g/mol. The first-order valence-electron chi connectivity index (χ1n) is 19.1. The lowest BCUT2D eigenvalue weighted by Gasteiger charge is -2.15. The number of nitrogens with zero attached hydrogens (tertiary/aromatic N) is 3. The molecule has 0 fully saturated rings. The average Bonchev–Trinajstić information content (AvgIpc) is 3.79. The molecule has 4 nitrogen and oxygen atoms in total. The van der Waals surface area contributed by atoms with Crippen molar-refractivity contribution in [1.82, 2.24) is 13.7 Å². The van der Waals surface area contributed by atoms with Gasteiger partial charge in [0, 0.05) is 60.4 Å². The fraction of sp³-hybridized carbons (Fsp3) is 0. The molecule has 4 heteroatoms. The van der Waals surface area contributed by atoms with E-state index in [1.54, 1.807) is 0 Å². The molecule has 9 aromatic carbocycles. The number of hydrogen-bond acceptors (Lipinski definition) is 1. The highest BCUT2D eigenvalue weighted by atomic mass is 16.3. The second kappa shape index (κ2) is 12.0. The van der Waals surface area contributed by atoms with Crippen molar-refractivity contribution in [2.24, 2.45) is 0 Å². The van der Waals surface area contributed by atoms with Crippen LogP contribution < -0.4 is 0 Å². The van der Waals surface area contributed by atoms with Crippen LogP contribution in [-0.4, -0.2) is 13.7 Å².